The molecule has 3 heteroatoms. The minimum absolute atomic E-state index is 0.745. The first kappa shape index (κ1) is 10.3. The van der Waals surface area contributed by atoms with Crippen LogP contribution in [0, 0.1) is 6.92 Å². The number of ether oxygens (including phenoxy) is 2. The smallest absolute Gasteiger partial charge is 0.161 e. The third-order valence-corrected chi connectivity index (χ3v) is 2.57. The molecular weight excluding hydrogens is 190 g/mol. The van der Waals surface area contributed by atoms with Crippen LogP contribution >= 0.6 is 0 Å². The Bertz CT molecular complexity index is 350. The molecule has 2 rings (SSSR count). The number of rotatable bonds is 2. The highest BCUT2D eigenvalue weighted by Crippen LogP contribution is 2.32. The molecule has 0 radical (unpaired) electrons. The highest BCUT2D eigenvalue weighted by Gasteiger charge is 2.12. The second-order valence-corrected chi connectivity index (χ2v) is 3.81. The number of fused-ring (bicyclic) bond motifs is 1. The molecule has 15 heavy (non-hydrogen) atoms. The maximum absolute atomic E-state index is 5.64. The van der Waals surface area contributed by atoms with E-state index in [1.54, 1.807) is 0 Å². The van der Waals surface area contributed by atoms with Gasteiger partial charge in [-0.25, -0.2) is 0 Å². The van der Waals surface area contributed by atoms with Crippen LogP contribution in [-0.2, 0) is 6.54 Å². The van der Waals surface area contributed by atoms with Crippen molar-refractivity contribution in [2.24, 2.45) is 0 Å². The van der Waals surface area contributed by atoms with Gasteiger partial charge in [0.05, 0.1) is 13.2 Å². The first-order valence-corrected chi connectivity index (χ1v) is 5.35. The summed E-state index contributed by atoms with van der Waals surface area (Å²) in [5, 5.41) is 3.15. The van der Waals surface area contributed by atoms with E-state index in [9.17, 15) is 0 Å². The average molecular weight is 207 g/mol. The van der Waals surface area contributed by atoms with E-state index in [-0.39, 0.29) is 0 Å². The molecule has 0 amide bonds. The minimum atomic E-state index is 0.745. The van der Waals surface area contributed by atoms with Crippen molar-refractivity contribution in [1.29, 1.82) is 0 Å². The molecule has 82 valence electrons. The second kappa shape index (κ2) is 4.53. The van der Waals surface area contributed by atoms with Crippen molar-refractivity contribution in [3.63, 3.8) is 0 Å². The first-order valence-electron chi connectivity index (χ1n) is 5.35. The van der Waals surface area contributed by atoms with E-state index in [1.807, 2.05) is 7.05 Å². The van der Waals surface area contributed by atoms with Gasteiger partial charge < -0.3 is 14.8 Å². The zero-order valence-electron chi connectivity index (χ0n) is 9.30. The van der Waals surface area contributed by atoms with Crippen LogP contribution < -0.4 is 14.8 Å². The van der Waals surface area contributed by atoms with E-state index < -0.39 is 0 Å². The fraction of sp³-hybridized carbons (Fsp3) is 0.500. The van der Waals surface area contributed by atoms with E-state index in [0.717, 1.165) is 37.7 Å². The van der Waals surface area contributed by atoms with Crippen LogP contribution in [0.25, 0.3) is 0 Å². The third-order valence-electron chi connectivity index (χ3n) is 2.57. The monoisotopic (exact) mass is 207 g/mol. The molecule has 1 aliphatic heterocycles. The summed E-state index contributed by atoms with van der Waals surface area (Å²) in [5.41, 5.74) is 2.51. The number of hydrogen-bond donors (Lipinski definition) is 1. The summed E-state index contributed by atoms with van der Waals surface area (Å²) in [6.45, 7) is 4.45. The average Bonchev–Trinajstić information content (AvgIpc) is 2.44. The Hall–Kier alpha value is -1.22. The van der Waals surface area contributed by atoms with Crippen molar-refractivity contribution >= 4 is 0 Å². The van der Waals surface area contributed by atoms with E-state index in [2.05, 4.69) is 24.4 Å². The molecule has 0 fully saturated rings. The number of benzene rings is 1. The Balaban J connectivity index is 2.33. The van der Waals surface area contributed by atoms with Gasteiger partial charge in [-0.2, -0.15) is 0 Å². The highest BCUT2D eigenvalue weighted by molar-refractivity contribution is 5.47. The van der Waals surface area contributed by atoms with Crippen LogP contribution in [0.15, 0.2) is 12.1 Å². The standard InChI is InChI=1S/C12H17NO2/c1-9-6-11-12(7-10(9)8-13-2)15-5-3-4-14-11/h6-7,13H,3-5,8H2,1-2H3. The summed E-state index contributed by atoms with van der Waals surface area (Å²) in [7, 11) is 1.95. The normalized spacial score (nSPS) is 14.8. The first-order chi connectivity index (χ1) is 7.31. The van der Waals surface area contributed by atoms with Crippen LogP contribution in [-0.4, -0.2) is 20.3 Å². The van der Waals surface area contributed by atoms with Gasteiger partial charge in [0, 0.05) is 13.0 Å². The molecule has 0 unspecified atom stereocenters. The summed E-state index contributed by atoms with van der Waals surface area (Å²) >= 11 is 0. The zero-order chi connectivity index (χ0) is 10.7. The molecule has 1 heterocycles. The quantitative estimate of drug-likeness (QED) is 0.803. The maximum atomic E-state index is 5.64. The maximum Gasteiger partial charge on any atom is 0.161 e. The van der Waals surface area contributed by atoms with Gasteiger partial charge in [0.15, 0.2) is 11.5 Å². The molecule has 0 bridgehead atoms. The van der Waals surface area contributed by atoms with E-state index in [0.29, 0.717) is 0 Å². The van der Waals surface area contributed by atoms with Gasteiger partial charge in [-0.15, -0.1) is 0 Å². The van der Waals surface area contributed by atoms with Crippen molar-refractivity contribution in [2.75, 3.05) is 20.3 Å². The van der Waals surface area contributed by atoms with Gasteiger partial charge in [0.25, 0.3) is 0 Å². The molecule has 1 N–H and O–H groups in total. The van der Waals surface area contributed by atoms with Crippen molar-refractivity contribution < 1.29 is 9.47 Å². The summed E-state index contributed by atoms with van der Waals surface area (Å²) in [6.07, 6.45) is 0.953. The number of aryl methyl sites for hydroxylation is 1. The summed E-state index contributed by atoms with van der Waals surface area (Å²) in [6, 6.07) is 4.14. The molecule has 0 aliphatic carbocycles. The van der Waals surface area contributed by atoms with Crippen LogP contribution in [0.3, 0.4) is 0 Å². The van der Waals surface area contributed by atoms with Gasteiger partial charge in [-0.3, -0.25) is 0 Å². The van der Waals surface area contributed by atoms with Crippen molar-refractivity contribution in [2.45, 2.75) is 19.9 Å². The van der Waals surface area contributed by atoms with E-state index >= 15 is 0 Å². The Labute approximate surface area is 90.4 Å². The number of nitrogens with one attached hydrogen (secondary N) is 1. The lowest BCUT2D eigenvalue weighted by Gasteiger charge is -2.12. The summed E-state index contributed by atoms with van der Waals surface area (Å²) in [5.74, 6) is 1.76. The number of hydrogen-bond acceptors (Lipinski definition) is 3. The highest BCUT2D eigenvalue weighted by atomic mass is 16.5. The van der Waals surface area contributed by atoms with E-state index in [4.69, 9.17) is 9.47 Å². The molecule has 1 aromatic rings. The predicted molar refractivity (Wildman–Crippen MR) is 59.5 cm³/mol. The van der Waals surface area contributed by atoms with Gasteiger partial charge in [-0.05, 0) is 37.2 Å². The fourth-order valence-corrected chi connectivity index (χ4v) is 1.73. The molecule has 1 aromatic carbocycles. The van der Waals surface area contributed by atoms with Crippen LogP contribution in [0.4, 0.5) is 0 Å². The molecular formula is C12H17NO2. The van der Waals surface area contributed by atoms with Gasteiger partial charge in [-0.1, -0.05) is 0 Å². The predicted octanol–water partition coefficient (Wildman–Crippen LogP) is 1.88. The minimum Gasteiger partial charge on any atom is -0.490 e. The molecule has 0 saturated heterocycles. The molecule has 3 nitrogen and oxygen atoms in total. The van der Waals surface area contributed by atoms with Crippen LogP contribution in [0.1, 0.15) is 17.5 Å². The Morgan fingerprint density at radius 2 is 1.87 bits per heavy atom. The third kappa shape index (κ3) is 2.23. The van der Waals surface area contributed by atoms with E-state index in [1.165, 1.54) is 11.1 Å². The van der Waals surface area contributed by atoms with Crippen LogP contribution in [0.5, 0.6) is 11.5 Å². The Morgan fingerprint density at radius 3 is 2.53 bits per heavy atom. The molecule has 1 aliphatic rings. The summed E-state index contributed by atoms with van der Waals surface area (Å²) in [4.78, 5) is 0. The SMILES string of the molecule is CNCc1cc2c(cc1C)OCCCO2. The zero-order valence-corrected chi connectivity index (χ0v) is 9.30. The molecule has 0 saturated carbocycles. The lowest BCUT2D eigenvalue weighted by Crippen LogP contribution is -2.07. The Morgan fingerprint density at radius 1 is 1.20 bits per heavy atom. The van der Waals surface area contributed by atoms with Gasteiger partial charge >= 0.3 is 0 Å². The Kier molecular flexibility index (Phi) is 3.11. The summed E-state index contributed by atoms with van der Waals surface area (Å²) < 4.78 is 11.3. The second-order valence-electron chi connectivity index (χ2n) is 3.81. The molecule has 0 aromatic heterocycles. The largest absolute Gasteiger partial charge is 0.490 e. The molecule has 0 spiro atoms. The van der Waals surface area contributed by atoms with Crippen molar-refractivity contribution in [3.05, 3.63) is 23.3 Å². The fourth-order valence-electron chi connectivity index (χ4n) is 1.73. The topological polar surface area (TPSA) is 30.5 Å². The van der Waals surface area contributed by atoms with Crippen molar-refractivity contribution in [3.8, 4) is 11.5 Å². The van der Waals surface area contributed by atoms with Crippen molar-refractivity contribution in [1.82, 2.24) is 5.32 Å². The van der Waals surface area contributed by atoms with Gasteiger partial charge in [0.2, 0.25) is 0 Å². The van der Waals surface area contributed by atoms with Crippen LogP contribution in [0.2, 0.25) is 0 Å². The van der Waals surface area contributed by atoms with Gasteiger partial charge in [0.1, 0.15) is 0 Å². The molecule has 0 atom stereocenters. The lowest BCUT2D eigenvalue weighted by atomic mass is 10.1. The lowest BCUT2D eigenvalue weighted by molar-refractivity contribution is 0.297.